The second kappa shape index (κ2) is 6.12. The van der Waals surface area contributed by atoms with Crippen molar-refractivity contribution in [3.8, 4) is 0 Å². The van der Waals surface area contributed by atoms with E-state index in [1.54, 1.807) is 0 Å². The molecule has 0 aliphatic heterocycles. The fourth-order valence-electron chi connectivity index (χ4n) is 4.03. The van der Waals surface area contributed by atoms with Gasteiger partial charge in [-0.25, -0.2) is 4.68 Å². The number of nitrogens with zero attached hydrogens (tertiary/aromatic N) is 3. The Hall–Kier alpha value is -0.900. The van der Waals surface area contributed by atoms with Crippen molar-refractivity contribution in [3.63, 3.8) is 0 Å². The number of ether oxygens (including phenoxy) is 1. The fraction of sp³-hybridized carbons (Fsp3) is 0.900. The van der Waals surface area contributed by atoms with Crippen molar-refractivity contribution in [3.05, 3.63) is 11.4 Å². The average molecular weight is 334 g/mol. The van der Waals surface area contributed by atoms with Crippen LogP contribution < -0.4 is 0 Å². The Morgan fingerprint density at radius 3 is 2.29 bits per heavy atom. The minimum absolute atomic E-state index is 0.0187. The molecule has 3 rings (SSSR count). The highest BCUT2D eigenvalue weighted by Crippen LogP contribution is 2.53. The van der Waals surface area contributed by atoms with Crippen LogP contribution in [-0.2, 0) is 23.1 Å². The molecule has 2 aliphatic carbocycles. The van der Waals surface area contributed by atoms with Gasteiger partial charge in [0, 0.05) is 0 Å². The Labute approximate surface area is 147 Å². The maximum Gasteiger partial charge on any atom is 0.0859 e. The molecule has 4 heteroatoms. The van der Waals surface area contributed by atoms with Gasteiger partial charge in [-0.15, -0.1) is 5.10 Å². The van der Waals surface area contributed by atoms with E-state index in [1.807, 2.05) is 0 Å². The Kier molecular flexibility index (Phi) is 4.57. The Bertz CT molecular complexity index is 582. The van der Waals surface area contributed by atoms with E-state index in [-0.39, 0.29) is 11.1 Å². The van der Waals surface area contributed by atoms with Crippen LogP contribution in [0, 0.1) is 23.7 Å². The highest BCUT2D eigenvalue weighted by atomic mass is 16.5. The van der Waals surface area contributed by atoms with Gasteiger partial charge in [0.05, 0.1) is 29.1 Å². The molecule has 4 nitrogen and oxygen atoms in total. The van der Waals surface area contributed by atoms with Crippen LogP contribution in [0.5, 0.6) is 0 Å². The van der Waals surface area contributed by atoms with E-state index < -0.39 is 0 Å². The van der Waals surface area contributed by atoms with E-state index in [0.29, 0.717) is 5.92 Å². The predicted molar refractivity (Wildman–Crippen MR) is 97.0 cm³/mol. The second-order valence-corrected chi connectivity index (χ2v) is 9.70. The number of hydrogen-bond donors (Lipinski definition) is 0. The van der Waals surface area contributed by atoms with Gasteiger partial charge in [0.2, 0.25) is 0 Å². The van der Waals surface area contributed by atoms with Crippen LogP contribution in [-0.4, -0.2) is 27.2 Å². The molecule has 1 aromatic heterocycles. The molecule has 0 bridgehead atoms. The van der Waals surface area contributed by atoms with E-state index in [1.165, 1.54) is 24.2 Å². The normalized spacial score (nSPS) is 27.4. The Morgan fingerprint density at radius 1 is 1.08 bits per heavy atom. The lowest BCUT2D eigenvalue weighted by molar-refractivity contribution is -0.0574. The zero-order valence-electron chi connectivity index (χ0n) is 16.6. The van der Waals surface area contributed by atoms with Gasteiger partial charge >= 0.3 is 0 Å². The van der Waals surface area contributed by atoms with Gasteiger partial charge in [0.25, 0.3) is 0 Å². The standard InChI is InChI=1S/C20H35N3O/c1-13(2)20(6,7)24-12-16-14-8-10-17-18(11-9-15(14)16)23(22-21-17)19(3,4)5/h13-16H,8-12H2,1-7H3. The first kappa shape index (κ1) is 17.9. The first-order chi connectivity index (χ1) is 11.1. The molecule has 136 valence electrons. The largest absolute Gasteiger partial charge is 0.375 e. The summed E-state index contributed by atoms with van der Waals surface area (Å²) in [6.45, 7) is 16.5. The monoisotopic (exact) mass is 333 g/mol. The summed E-state index contributed by atoms with van der Waals surface area (Å²) in [6.07, 6.45) is 4.70. The topological polar surface area (TPSA) is 39.9 Å². The van der Waals surface area contributed by atoms with Gasteiger partial charge in [-0.2, -0.15) is 0 Å². The molecule has 0 N–H and O–H groups in total. The number of fused-ring (bicyclic) bond motifs is 2. The SMILES string of the molecule is CC(C)C(C)(C)OCC1C2CCc3nnn(C(C)(C)C)c3CCC21. The maximum absolute atomic E-state index is 6.29. The third kappa shape index (κ3) is 3.40. The average Bonchev–Trinajstić information content (AvgIpc) is 2.92. The third-order valence-corrected chi connectivity index (χ3v) is 6.46. The van der Waals surface area contributed by atoms with Gasteiger partial charge in [0.15, 0.2) is 0 Å². The highest BCUT2D eigenvalue weighted by molar-refractivity contribution is 5.16. The number of aryl methyl sites for hydroxylation is 1. The van der Waals surface area contributed by atoms with Crippen molar-refractivity contribution >= 4 is 0 Å². The second-order valence-electron chi connectivity index (χ2n) is 9.70. The van der Waals surface area contributed by atoms with Gasteiger partial charge in [-0.3, -0.25) is 0 Å². The maximum atomic E-state index is 6.29. The van der Waals surface area contributed by atoms with E-state index in [2.05, 4.69) is 63.5 Å². The van der Waals surface area contributed by atoms with E-state index in [9.17, 15) is 0 Å². The summed E-state index contributed by atoms with van der Waals surface area (Å²) in [4.78, 5) is 0. The van der Waals surface area contributed by atoms with Crippen LogP contribution in [0.15, 0.2) is 0 Å². The lowest BCUT2D eigenvalue weighted by atomic mass is 9.94. The quantitative estimate of drug-likeness (QED) is 0.828. The van der Waals surface area contributed by atoms with Crippen molar-refractivity contribution in [2.45, 2.75) is 85.3 Å². The molecule has 3 unspecified atom stereocenters. The minimum atomic E-state index is -0.0187. The van der Waals surface area contributed by atoms with Crippen LogP contribution >= 0.6 is 0 Å². The van der Waals surface area contributed by atoms with Crippen molar-refractivity contribution in [1.29, 1.82) is 0 Å². The first-order valence-electron chi connectivity index (χ1n) is 9.69. The van der Waals surface area contributed by atoms with Crippen LogP contribution in [0.2, 0.25) is 0 Å². The molecule has 1 fully saturated rings. The van der Waals surface area contributed by atoms with Crippen molar-refractivity contribution in [2.75, 3.05) is 6.61 Å². The smallest absolute Gasteiger partial charge is 0.0859 e. The van der Waals surface area contributed by atoms with E-state index >= 15 is 0 Å². The molecule has 2 aliphatic rings. The summed E-state index contributed by atoms with van der Waals surface area (Å²) >= 11 is 0. The number of aromatic nitrogens is 3. The van der Waals surface area contributed by atoms with E-state index in [4.69, 9.17) is 4.74 Å². The Balaban J connectivity index is 1.63. The molecule has 1 saturated carbocycles. The van der Waals surface area contributed by atoms with Gasteiger partial charge < -0.3 is 4.74 Å². The molecule has 0 aromatic carbocycles. The highest BCUT2D eigenvalue weighted by Gasteiger charge is 2.50. The van der Waals surface area contributed by atoms with Crippen molar-refractivity contribution in [1.82, 2.24) is 15.0 Å². The van der Waals surface area contributed by atoms with Crippen LogP contribution in [0.25, 0.3) is 0 Å². The molecule has 0 saturated heterocycles. The molecule has 1 aromatic rings. The number of hydrogen-bond acceptors (Lipinski definition) is 3. The molecule has 1 heterocycles. The fourth-order valence-corrected chi connectivity index (χ4v) is 4.03. The molecule has 24 heavy (non-hydrogen) atoms. The van der Waals surface area contributed by atoms with Crippen molar-refractivity contribution in [2.24, 2.45) is 23.7 Å². The van der Waals surface area contributed by atoms with E-state index in [0.717, 1.165) is 37.2 Å². The van der Waals surface area contributed by atoms with Crippen LogP contribution in [0.3, 0.4) is 0 Å². The predicted octanol–water partition coefficient (Wildman–Crippen LogP) is 4.23. The molecular weight excluding hydrogens is 298 g/mol. The number of rotatable bonds is 4. The summed E-state index contributed by atoms with van der Waals surface area (Å²) in [7, 11) is 0. The lowest BCUT2D eigenvalue weighted by Crippen LogP contribution is -2.32. The van der Waals surface area contributed by atoms with Gasteiger partial charge in [0.1, 0.15) is 0 Å². The van der Waals surface area contributed by atoms with Crippen LogP contribution in [0.4, 0.5) is 0 Å². The summed E-state index contributed by atoms with van der Waals surface area (Å²) in [5, 5.41) is 8.93. The third-order valence-electron chi connectivity index (χ3n) is 6.46. The van der Waals surface area contributed by atoms with Gasteiger partial charge in [-0.05, 0) is 84.0 Å². The molecule has 0 amide bonds. The lowest BCUT2D eigenvalue weighted by Gasteiger charge is -2.29. The minimum Gasteiger partial charge on any atom is -0.375 e. The summed E-state index contributed by atoms with van der Waals surface area (Å²) in [6, 6.07) is 0. The summed E-state index contributed by atoms with van der Waals surface area (Å²) in [5.74, 6) is 2.98. The zero-order valence-corrected chi connectivity index (χ0v) is 16.6. The van der Waals surface area contributed by atoms with Gasteiger partial charge in [-0.1, -0.05) is 19.1 Å². The molecule has 0 spiro atoms. The van der Waals surface area contributed by atoms with Crippen molar-refractivity contribution < 1.29 is 4.74 Å². The zero-order chi connectivity index (χ0) is 17.7. The summed E-state index contributed by atoms with van der Waals surface area (Å²) in [5.41, 5.74) is 2.61. The Morgan fingerprint density at radius 2 is 1.71 bits per heavy atom. The molecule has 0 radical (unpaired) electrons. The molecule has 3 atom stereocenters. The molecular formula is C20H35N3O. The first-order valence-corrected chi connectivity index (χ1v) is 9.69. The van der Waals surface area contributed by atoms with Crippen LogP contribution in [0.1, 0.15) is 72.7 Å². The summed E-state index contributed by atoms with van der Waals surface area (Å²) < 4.78 is 8.44.